The first-order valence-electron chi connectivity index (χ1n) is 11.0. The Morgan fingerprint density at radius 1 is 1.12 bits per heavy atom. The Balaban J connectivity index is 1.36. The highest BCUT2D eigenvalue weighted by atomic mass is 32.2. The molecule has 3 N–H and O–H groups in total. The molecular weight excluding hydrogens is 440 g/mol. The second kappa shape index (κ2) is 9.36. The summed E-state index contributed by atoms with van der Waals surface area (Å²) in [6.07, 6.45) is 1.97. The summed E-state index contributed by atoms with van der Waals surface area (Å²) < 4.78 is 5.47. The van der Waals surface area contributed by atoms with Crippen molar-refractivity contribution in [3.05, 3.63) is 35.5 Å². The Hall–Kier alpha value is -3.18. The zero-order valence-electron chi connectivity index (χ0n) is 18.6. The zero-order valence-corrected chi connectivity index (χ0v) is 19.4. The average molecular weight is 467 g/mol. The van der Waals surface area contributed by atoms with Crippen LogP contribution in [0, 0.1) is 19.8 Å². The minimum absolute atomic E-state index is 0.0997. The summed E-state index contributed by atoms with van der Waals surface area (Å²) in [4.78, 5) is 29.0. The van der Waals surface area contributed by atoms with E-state index >= 15 is 0 Å². The molecule has 1 saturated heterocycles. The Kier molecular flexibility index (Phi) is 6.14. The Morgan fingerprint density at radius 3 is 2.55 bits per heavy atom. The normalized spacial score (nSPS) is 16.0. The van der Waals surface area contributed by atoms with Gasteiger partial charge >= 0.3 is 0 Å². The van der Waals surface area contributed by atoms with Gasteiger partial charge in [0.1, 0.15) is 0 Å². The molecule has 0 spiro atoms. The zero-order chi connectivity index (χ0) is 22.8. The maximum atomic E-state index is 12.0. The van der Waals surface area contributed by atoms with Crippen LogP contribution in [0.4, 0.5) is 23.4 Å². The third-order valence-corrected chi connectivity index (χ3v) is 6.53. The molecule has 3 aromatic rings. The van der Waals surface area contributed by atoms with E-state index in [4.69, 9.17) is 9.72 Å². The molecule has 11 heteroatoms. The number of morpholine rings is 1. The number of aromatic amines is 1. The van der Waals surface area contributed by atoms with Gasteiger partial charge in [-0.15, -0.1) is 0 Å². The SMILES string of the molecule is Cc1[nH]nc(Nc2nc(Sc3ccc(NC(=O)C4CC4)cc3)nc(N3CCOCC3)n2)c1C. The molecule has 1 aliphatic heterocycles. The number of ether oxygens (including phenoxy) is 1. The first-order chi connectivity index (χ1) is 16.0. The fourth-order valence-electron chi connectivity index (χ4n) is 3.37. The summed E-state index contributed by atoms with van der Waals surface area (Å²) in [7, 11) is 0. The maximum Gasteiger partial charge on any atom is 0.234 e. The van der Waals surface area contributed by atoms with E-state index in [1.807, 2.05) is 38.1 Å². The van der Waals surface area contributed by atoms with Gasteiger partial charge in [0.2, 0.25) is 17.8 Å². The van der Waals surface area contributed by atoms with E-state index in [1.165, 1.54) is 11.8 Å². The molecule has 0 radical (unpaired) electrons. The number of carbonyl (C=O) groups is 1. The van der Waals surface area contributed by atoms with Gasteiger partial charge in [-0.25, -0.2) is 0 Å². The lowest BCUT2D eigenvalue weighted by Crippen LogP contribution is -2.37. The summed E-state index contributed by atoms with van der Waals surface area (Å²) in [6, 6.07) is 7.73. The number of rotatable bonds is 7. The van der Waals surface area contributed by atoms with Gasteiger partial charge in [-0.1, -0.05) is 0 Å². The smallest absolute Gasteiger partial charge is 0.234 e. The van der Waals surface area contributed by atoms with E-state index in [0.29, 0.717) is 36.1 Å². The van der Waals surface area contributed by atoms with Crippen molar-refractivity contribution >= 4 is 41.1 Å². The molecule has 1 aliphatic carbocycles. The van der Waals surface area contributed by atoms with E-state index < -0.39 is 0 Å². The molecule has 0 unspecified atom stereocenters. The fourth-order valence-corrected chi connectivity index (χ4v) is 4.11. The molecular formula is C22H26N8O2S. The number of amides is 1. The minimum Gasteiger partial charge on any atom is -0.378 e. The predicted octanol–water partition coefficient (Wildman–Crippen LogP) is 3.29. The molecule has 1 aromatic carbocycles. The predicted molar refractivity (Wildman–Crippen MR) is 126 cm³/mol. The molecule has 10 nitrogen and oxygen atoms in total. The van der Waals surface area contributed by atoms with E-state index in [9.17, 15) is 4.79 Å². The molecule has 0 atom stereocenters. The Labute approximate surface area is 195 Å². The number of hydrogen-bond donors (Lipinski definition) is 3. The standard InChI is InChI=1S/C22H26N8O2S/c1-13-14(2)28-29-18(13)24-20-25-21(30-9-11-32-12-10-30)27-22(26-20)33-17-7-5-16(6-8-17)23-19(31)15-3-4-15/h5-8,15H,3-4,9-12H2,1-2H3,(H,23,31)(H2,24,25,26,27,28,29). The third-order valence-electron chi connectivity index (χ3n) is 5.66. The van der Waals surface area contributed by atoms with Crippen LogP contribution >= 0.6 is 11.8 Å². The van der Waals surface area contributed by atoms with E-state index in [1.54, 1.807) is 0 Å². The van der Waals surface area contributed by atoms with Gasteiger partial charge < -0.3 is 20.3 Å². The lowest BCUT2D eigenvalue weighted by Gasteiger charge is -2.27. The summed E-state index contributed by atoms with van der Waals surface area (Å²) in [5.74, 6) is 2.02. The minimum atomic E-state index is 0.0997. The number of carbonyl (C=O) groups excluding carboxylic acids is 1. The van der Waals surface area contributed by atoms with Crippen LogP contribution in [0.2, 0.25) is 0 Å². The van der Waals surface area contributed by atoms with Crippen LogP contribution in [0.5, 0.6) is 0 Å². The van der Waals surface area contributed by atoms with Gasteiger partial charge in [-0.2, -0.15) is 20.1 Å². The molecule has 1 saturated carbocycles. The lowest BCUT2D eigenvalue weighted by molar-refractivity contribution is -0.117. The highest BCUT2D eigenvalue weighted by Crippen LogP contribution is 2.32. The van der Waals surface area contributed by atoms with Crippen LogP contribution in [0.25, 0.3) is 0 Å². The average Bonchev–Trinajstić information content (AvgIpc) is 3.64. The lowest BCUT2D eigenvalue weighted by atomic mass is 10.3. The van der Waals surface area contributed by atoms with Crippen molar-refractivity contribution in [2.75, 3.05) is 41.8 Å². The molecule has 1 amide bonds. The molecule has 0 bridgehead atoms. The van der Waals surface area contributed by atoms with E-state index in [2.05, 4.69) is 35.7 Å². The van der Waals surface area contributed by atoms with Crippen molar-refractivity contribution < 1.29 is 9.53 Å². The van der Waals surface area contributed by atoms with Crippen molar-refractivity contribution in [1.29, 1.82) is 0 Å². The fraction of sp³-hybridized carbons (Fsp3) is 0.409. The van der Waals surface area contributed by atoms with Crippen LogP contribution in [-0.2, 0) is 9.53 Å². The number of nitrogens with one attached hydrogen (secondary N) is 3. The number of benzene rings is 1. The number of hydrogen-bond acceptors (Lipinski definition) is 9. The van der Waals surface area contributed by atoms with Gasteiger partial charge in [0, 0.05) is 40.8 Å². The largest absolute Gasteiger partial charge is 0.378 e. The maximum absolute atomic E-state index is 12.0. The number of H-pyrrole nitrogens is 1. The number of aryl methyl sites for hydroxylation is 1. The quantitative estimate of drug-likeness (QED) is 0.481. The van der Waals surface area contributed by atoms with Crippen molar-refractivity contribution in [3.8, 4) is 0 Å². The second-order valence-electron chi connectivity index (χ2n) is 8.18. The molecule has 33 heavy (non-hydrogen) atoms. The van der Waals surface area contributed by atoms with E-state index in [0.717, 1.165) is 47.8 Å². The van der Waals surface area contributed by atoms with Crippen molar-refractivity contribution in [3.63, 3.8) is 0 Å². The molecule has 5 rings (SSSR count). The second-order valence-corrected chi connectivity index (χ2v) is 9.22. The highest BCUT2D eigenvalue weighted by Gasteiger charge is 2.29. The van der Waals surface area contributed by atoms with E-state index in [-0.39, 0.29) is 11.8 Å². The van der Waals surface area contributed by atoms with Gasteiger partial charge in [0.05, 0.1) is 13.2 Å². The molecule has 2 fully saturated rings. The number of aromatic nitrogens is 5. The van der Waals surface area contributed by atoms with Crippen molar-refractivity contribution in [1.82, 2.24) is 25.1 Å². The van der Waals surface area contributed by atoms with Gasteiger partial charge in [-0.05, 0) is 62.7 Å². The number of anilines is 4. The van der Waals surface area contributed by atoms with Crippen LogP contribution in [-0.4, -0.2) is 57.4 Å². The van der Waals surface area contributed by atoms with Crippen LogP contribution < -0.4 is 15.5 Å². The Morgan fingerprint density at radius 2 is 1.88 bits per heavy atom. The molecule has 2 aromatic heterocycles. The topological polar surface area (TPSA) is 121 Å². The summed E-state index contributed by atoms with van der Waals surface area (Å²) in [5, 5.41) is 14.0. The van der Waals surface area contributed by atoms with Gasteiger partial charge in [0.25, 0.3) is 0 Å². The van der Waals surface area contributed by atoms with Crippen molar-refractivity contribution in [2.24, 2.45) is 5.92 Å². The van der Waals surface area contributed by atoms with Crippen molar-refractivity contribution in [2.45, 2.75) is 36.7 Å². The first kappa shape index (κ1) is 21.7. The van der Waals surface area contributed by atoms with Crippen LogP contribution in [0.3, 0.4) is 0 Å². The summed E-state index contributed by atoms with van der Waals surface area (Å²) in [5.41, 5.74) is 2.80. The molecule has 3 heterocycles. The van der Waals surface area contributed by atoms with Gasteiger partial charge in [0.15, 0.2) is 11.0 Å². The molecule has 2 aliphatic rings. The monoisotopic (exact) mass is 466 g/mol. The highest BCUT2D eigenvalue weighted by molar-refractivity contribution is 7.99. The summed E-state index contributed by atoms with van der Waals surface area (Å²) in [6.45, 7) is 6.70. The first-order valence-corrected chi connectivity index (χ1v) is 11.8. The van der Waals surface area contributed by atoms with Crippen LogP contribution in [0.15, 0.2) is 34.3 Å². The molecule has 172 valence electrons. The van der Waals surface area contributed by atoms with Crippen LogP contribution in [0.1, 0.15) is 24.1 Å². The summed E-state index contributed by atoms with van der Waals surface area (Å²) >= 11 is 1.45. The number of nitrogens with zero attached hydrogens (tertiary/aromatic N) is 5. The third kappa shape index (κ3) is 5.25. The Bertz CT molecular complexity index is 1140. The van der Waals surface area contributed by atoms with Gasteiger partial charge in [-0.3, -0.25) is 9.89 Å².